The third-order valence-electron chi connectivity index (χ3n) is 5.20. The molecule has 1 aromatic heterocycles. The summed E-state index contributed by atoms with van der Waals surface area (Å²) >= 11 is 0. The quantitative estimate of drug-likeness (QED) is 0.857. The number of piperidine rings is 1. The summed E-state index contributed by atoms with van der Waals surface area (Å²) in [6, 6.07) is 7.79. The van der Waals surface area contributed by atoms with Crippen molar-refractivity contribution in [1.29, 1.82) is 0 Å². The van der Waals surface area contributed by atoms with E-state index >= 15 is 0 Å². The molecule has 2 aromatic rings. The third-order valence-corrected chi connectivity index (χ3v) is 5.20. The van der Waals surface area contributed by atoms with Gasteiger partial charge in [0.05, 0.1) is 0 Å². The van der Waals surface area contributed by atoms with Gasteiger partial charge in [-0.2, -0.15) is 0 Å². The van der Waals surface area contributed by atoms with Crippen LogP contribution in [0.1, 0.15) is 42.4 Å². The first-order chi connectivity index (χ1) is 12.2. The van der Waals surface area contributed by atoms with Crippen LogP contribution in [0, 0.1) is 6.92 Å². The lowest BCUT2D eigenvalue weighted by Crippen LogP contribution is -2.40. The summed E-state index contributed by atoms with van der Waals surface area (Å²) < 4.78 is 7.92. The summed E-state index contributed by atoms with van der Waals surface area (Å²) in [6.07, 6.45) is 4.12. The lowest BCUT2D eigenvalue weighted by molar-refractivity contribution is -0.134. The Hall–Kier alpha value is -2.37. The minimum Gasteiger partial charge on any atom is -0.484 e. The molecule has 0 aliphatic carbocycles. The molecule has 1 saturated heterocycles. The van der Waals surface area contributed by atoms with Gasteiger partial charge in [-0.1, -0.05) is 12.1 Å². The molecule has 0 radical (unpaired) electrons. The van der Waals surface area contributed by atoms with E-state index in [2.05, 4.69) is 14.8 Å². The molecule has 6 heteroatoms. The number of aromatic nitrogens is 3. The normalized spacial score (nSPS) is 17.6. The number of likely N-dealkylation sites (tertiary alicyclic amines) is 1. The van der Waals surface area contributed by atoms with E-state index in [4.69, 9.17) is 4.74 Å². The van der Waals surface area contributed by atoms with Crippen molar-refractivity contribution in [3.05, 3.63) is 41.5 Å². The van der Waals surface area contributed by atoms with Gasteiger partial charge in [-0.25, -0.2) is 0 Å². The Labute approximate surface area is 147 Å². The zero-order valence-corrected chi connectivity index (χ0v) is 14.6. The Morgan fingerprint density at radius 2 is 2.08 bits per heavy atom. The first kappa shape index (κ1) is 16.1. The fourth-order valence-corrected chi connectivity index (χ4v) is 3.80. The second kappa shape index (κ2) is 6.86. The molecule has 4 rings (SSSR count). The second-order valence-corrected chi connectivity index (χ2v) is 6.99. The number of benzene rings is 1. The minimum atomic E-state index is 0.0615. The molecule has 0 bridgehead atoms. The number of ether oxygens (including phenoxy) is 1. The SMILES string of the molecule is Cc1cccc(OCC(=O)N2CCC(c3nnc4n3CCC4)CC2)c1. The molecule has 3 heterocycles. The van der Waals surface area contributed by atoms with Gasteiger partial charge in [0.1, 0.15) is 17.4 Å². The van der Waals surface area contributed by atoms with Crippen molar-refractivity contribution in [2.45, 2.75) is 45.1 Å². The molecule has 0 unspecified atom stereocenters. The Balaban J connectivity index is 1.30. The Kier molecular flexibility index (Phi) is 4.42. The molecule has 25 heavy (non-hydrogen) atoms. The lowest BCUT2D eigenvalue weighted by atomic mass is 9.96. The predicted molar refractivity (Wildman–Crippen MR) is 93.6 cm³/mol. The van der Waals surface area contributed by atoms with E-state index in [1.165, 1.54) is 6.42 Å². The second-order valence-electron chi connectivity index (χ2n) is 6.99. The standard InChI is InChI=1S/C19H24N4O2/c1-14-4-2-5-16(12-14)25-13-18(24)22-10-7-15(8-11-22)19-21-20-17-6-3-9-23(17)19/h2,4-5,12,15H,3,6-11,13H2,1H3. The molecule has 1 fully saturated rings. The van der Waals surface area contributed by atoms with E-state index in [-0.39, 0.29) is 12.5 Å². The van der Waals surface area contributed by atoms with Crippen molar-refractivity contribution >= 4 is 5.91 Å². The summed E-state index contributed by atoms with van der Waals surface area (Å²) in [5.41, 5.74) is 1.13. The largest absolute Gasteiger partial charge is 0.484 e. The van der Waals surface area contributed by atoms with E-state index in [9.17, 15) is 4.79 Å². The smallest absolute Gasteiger partial charge is 0.260 e. The van der Waals surface area contributed by atoms with E-state index in [1.807, 2.05) is 36.1 Å². The van der Waals surface area contributed by atoms with E-state index in [0.717, 1.165) is 61.9 Å². The average Bonchev–Trinajstić information content (AvgIpc) is 3.23. The molecular weight excluding hydrogens is 316 g/mol. The Bertz CT molecular complexity index is 763. The molecule has 1 aromatic carbocycles. The molecule has 132 valence electrons. The van der Waals surface area contributed by atoms with E-state index < -0.39 is 0 Å². The molecular formula is C19H24N4O2. The summed E-state index contributed by atoms with van der Waals surface area (Å²) in [5.74, 6) is 3.48. The van der Waals surface area contributed by atoms with Crippen LogP contribution in [0.4, 0.5) is 0 Å². The van der Waals surface area contributed by atoms with E-state index in [0.29, 0.717) is 5.92 Å². The van der Waals surface area contributed by atoms with E-state index in [1.54, 1.807) is 0 Å². The van der Waals surface area contributed by atoms with Crippen molar-refractivity contribution in [3.8, 4) is 5.75 Å². The molecule has 0 N–H and O–H groups in total. The van der Waals surface area contributed by atoms with Crippen LogP contribution in [0.2, 0.25) is 0 Å². The van der Waals surface area contributed by atoms with Crippen LogP contribution in [-0.2, 0) is 17.8 Å². The van der Waals surface area contributed by atoms with Gasteiger partial charge in [-0.3, -0.25) is 4.79 Å². The number of aryl methyl sites for hydroxylation is 2. The highest BCUT2D eigenvalue weighted by Crippen LogP contribution is 2.29. The average molecular weight is 340 g/mol. The highest BCUT2D eigenvalue weighted by atomic mass is 16.5. The maximum atomic E-state index is 12.4. The maximum absolute atomic E-state index is 12.4. The van der Waals surface area contributed by atoms with Gasteiger partial charge in [0.25, 0.3) is 5.91 Å². The summed E-state index contributed by atoms with van der Waals surface area (Å²) in [5, 5.41) is 8.71. The molecule has 2 aliphatic heterocycles. The fraction of sp³-hybridized carbons (Fsp3) is 0.526. The first-order valence-corrected chi connectivity index (χ1v) is 9.10. The van der Waals surface area contributed by atoms with Crippen LogP contribution in [0.5, 0.6) is 5.75 Å². The first-order valence-electron chi connectivity index (χ1n) is 9.10. The number of hydrogen-bond acceptors (Lipinski definition) is 4. The Morgan fingerprint density at radius 3 is 2.88 bits per heavy atom. The molecule has 1 amide bonds. The number of carbonyl (C=O) groups excluding carboxylic acids is 1. The van der Waals surface area contributed by atoms with Crippen molar-refractivity contribution in [3.63, 3.8) is 0 Å². The van der Waals surface area contributed by atoms with Crippen LogP contribution >= 0.6 is 0 Å². The summed E-state index contributed by atoms with van der Waals surface area (Å²) in [6.45, 7) is 4.70. The van der Waals surface area contributed by atoms with Gasteiger partial charge in [0.15, 0.2) is 6.61 Å². The summed E-state index contributed by atoms with van der Waals surface area (Å²) in [7, 11) is 0. The van der Waals surface area contributed by atoms with Crippen LogP contribution in [0.15, 0.2) is 24.3 Å². The number of carbonyl (C=O) groups is 1. The molecule has 0 saturated carbocycles. The lowest BCUT2D eigenvalue weighted by Gasteiger charge is -2.31. The van der Waals surface area contributed by atoms with Gasteiger partial charge in [0, 0.05) is 32.0 Å². The molecule has 6 nitrogen and oxygen atoms in total. The molecule has 0 spiro atoms. The number of amides is 1. The fourth-order valence-electron chi connectivity index (χ4n) is 3.80. The van der Waals surface area contributed by atoms with Gasteiger partial charge < -0.3 is 14.2 Å². The van der Waals surface area contributed by atoms with Gasteiger partial charge in [0.2, 0.25) is 0 Å². The number of fused-ring (bicyclic) bond motifs is 1. The van der Waals surface area contributed by atoms with Crippen molar-refractivity contribution in [2.75, 3.05) is 19.7 Å². The highest BCUT2D eigenvalue weighted by Gasteiger charge is 2.29. The van der Waals surface area contributed by atoms with Crippen molar-refractivity contribution in [2.24, 2.45) is 0 Å². The predicted octanol–water partition coefficient (Wildman–Crippen LogP) is 2.32. The third kappa shape index (κ3) is 3.38. The topological polar surface area (TPSA) is 60.2 Å². The molecule has 0 atom stereocenters. The van der Waals surface area contributed by atoms with Gasteiger partial charge >= 0.3 is 0 Å². The number of nitrogens with zero attached hydrogens (tertiary/aromatic N) is 4. The highest BCUT2D eigenvalue weighted by molar-refractivity contribution is 5.77. The zero-order chi connectivity index (χ0) is 17.2. The monoisotopic (exact) mass is 340 g/mol. The van der Waals surface area contributed by atoms with Crippen LogP contribution in [0.25, 0.3) is 0 Å². The maximum Gasteiger partial charge on any atom is 0.260 e. The summed E-state index contributed by atoms with van der Waals surface area (Å²) in [4.78, 5) is 14.3. The molecule has 2 aliphatic rings. The van der Waals surface area contributed by atoms with Gasteiger partial charge in [-0.05, 0) is 43.9 Å². The minimum absolute atomic E-state index is 0.0615. The zero-order valence-electron chi connectivity index (χ0n) is 14.6. The van der Waals surface area contributed by atoms with Crippen LogP contribution in [0.3, 0.4) is 0 Å². The Morgan fingerprint density at radius 1 is 1.24 bits per heavy atom. The number of rotatable bonds is 4. The van der Waals surface area contributed by atoms with Crippen LogP contribution < -0.4 is 4.74 Å². The van der Waals surface area contributed by atoms with Crippen molar-refractivity contribution in [1.82, 2.24) is 19.7 Å². The van der Waals surface area contributed by atoms with Crippen molar-refractivity contribution < 1.29 is 9.53 Å². The number of hydrogen-bond donors (Lipinski definition) is 0. The van der Waals surface area contributed by atoms with Gasteiger partial charge in [-0.15, -0.1) is 10.2 Å². The van der Waals surface area contributed by atoms with Crippen LogP contribution in [-0.4, -0.2) is 45.3 Å².